The van der Waals surface area contributed by atoms with Crippen LogP contribution in [-0.2, 0) is 9.53 Å². The van der Waals surface area contributed by atoms with E-state index in [0.717, 1.165) is 0 Å². The van der Waals surface area contributed by atoms with Gasteiger partial charge in [-0.15, -0.1) is 0 Å². The highest BCUT2D eigenvalue weighted by molar-refractivity contribution is 7.80. The van der Waals surface area contributed by atoms with Crippen LogP contribution in [0.1, 0.15) is 6.92 Å². The Balaban J connectivity index is 1.92. The molecular formula is C13H15N3O3S. The first-order chi connectivity index (χ1) is 9.58. The number of nitrogens with zero attached hydrogens (tertiary/aromatic N) is 2. The van der Waals surface area contributed by atoms with E-state index < -0.39 is 0 Å². The zero-order valence-electron chi connectivity index (χ0n) is 11.0. The maximum Gasteiger partial charge on any atom is 0.328 e. The third kappa shape index (κ3) is 3.45. The SMILES string of the molecule is CC(=O)OCN1CCN(C(=O)Nc2ccccc2)C1=S. The molecule has 1 fully saturated rings. The van der Waals surface area contributed by atoms with Crippen molar-refractivity contribution < 1.29 is 14.3 Å². The lowest BCUT2D eigenvalue weighted by Gasteiger charge is -2.20. The lowest BCUT2D eigenvalue weighted by molar-refractivity contribution is -0.143. The summed E-state index contributed by atoms with van der Waals surface area (Å²) >= 11 is 5.21. The van der Waals surface area contributed by atoms with Gasteiger partial charge in [0.2, 0.25) is 0 Å². The van der Waals surface area contributed by atoms with Gasteiger partial charge in [-0.1, -0.05) is 18.2 Å². The van der Waals surface area contributed by atoms with E-state index in [1.165, 1.54) is 11.8 Å². The van der Waals surface area contributed by atoms with Crippen LogP contribution in [0.2, 0.25) is 0 Å². The molecular weight excluding hydrogens is 278 g/mol. The number of carbonyl (C=O) groups excluding carboxylic acids is 2. The third-order valence-electron chi connectivity index (χ3n) is 2.79. The standard InChI is InChI=1S/C13H15N3O3S/c1-10(17)19-9-15-7-8-16(13(15)20)12(18)14-11-5-3-2-4-6-11/h2-6H,7-9H2,1H3,(H,14,18). The first kappa shape index (κ1) is 14.3. The summed E-state index contributed by atoms with van der Waals surface area (Å²) in [5.74, 6) is -0.375. The molecule has 2 rings (SSSR count). The Labute approximate surface area is 122 Å². The summed E-state index contributed by atoms with van der Waals surface area (Å²) in [6.45, 7) is 2.43. The summed E-state index contributed by atoms with van der Waals surface area (Å²) in [5, 5.41) is 3.13. The fourth-order valence-corrected chi connectivity index (χ4v) is 2.09. The Morgan fingerprint density at radius 2 is 2.00 bits per heavy atom. The van der Waals surface area contributed by atoms with Crippen molar-refractivity contribution in [2.24, 2.45) is 0 Å². The van der Waals surface area contributed by atoms with Gasteiger partial charge in [0.05, 0.1) is 0 Å². The zero-order valence-corrected chi connectivity index (χ0v) is 11.9. The lowest BCUT2D eigenvalue weighted by atomic mass is 10.3. The molecule has 0 bridgehead atoms. The molecule has 0 saturated carbocycles. The van der Waals surface area contributed by atoms with Crippen LogP contribution in [0.3, 0.4) is 0 Å². The van der Waals surface area contributed by atoms with Crippen LogP contribution in [0, 0.1) is 0 Å². The second-order valence-electron chi connectivity index (χ2n) is 4.26. The molecule has 1 aliphatic heterocycles. The van der Waals surface area contributed by atoms with Gasteiger partial charge in [0.1, 0.15) is 0 Å². The van der Waals surface area contributed by atoms with Crippen molar-refractivity contribution in [3.05, 3.63) is 30.3 Å². The maximum absolute atomic E-state index is 12.1. The van der Waals surface area contributed by atoms with Gasteiger partial charge in [-0.25, -0.2) is 4.79 Å². The van der Waals surface area contributed by atoms with Crippen LogP contribution in [0.25, 0.3) is 0 Å². The number of esters is 1. The maximum atomic E-state index is 12.1. The number of urea groups is 1. The minimum atomic E-state index is -0.375. The van der Waals surface area contributed by atoms with Gasteiger partial charge in [0.25, 0.3) is 0 Å². The smallest absolute Gasteiger partial charge is 0.328 e. The van der Waals surface area contributed by atoms with Crippen LogP contribution in [0.15, 0.2) is 30.3 Å². The number of amides is 2. The minimum absolute atomic E-state index is 0.0727. The summed E-state index contributed by atoms with van der Waals surface area (Å²) in [5.41, 5.74) is 0.707. The molecule has 6 nitrogen and oxygen atoms in total. The van der Waals surface area contributed by atoms with Crippen molar-refractivity contribution in [2.45, 2.75) is 6.92 Å². The van der Waals surface area contributed by atoms with Gasteiger partial charge in [-0.2, -0.15) is 0 Å². The molecule has 7 heteroatoms. The molecule has 106 valence electrons. The number of hydrogen-bond acceptors (Lipinski definition) is 4. The average molecular weight is 293 g/mol. The predicted octanol–water partition coefficient (Wildman–Crippen LogP) is 1.64. The van der Waals surface area contributed by atoms with Gasteiger partial charge in [-0.05, 0) is 24.4 Å². The van der Waals surface area contributed by atoms with E-state index in [0.29, 0.717) is 23.9 Å². The summed E-state index contributed by atoms with van der Waals surface area (Å²) < 4.78 is 4.88. The lowest BCUT2D eigenvalue weighted by Crippen LogP contribution is -2.39. The van der Waals surface area contributed by atoms with E-state index in [9.17, 15) is 9.59 Å². The van der Waals surface area contributed by atoms with Gasteiger partial charge in [0, 0.05) is 25.7 Å². The van der Waals surface area contributed by atoms with Gasteiger partial charge in [-0.3, -0.25) is 9.69 Å². The first-order valence-electron chi connectivity index (χ1n) is 6.14. The number of ether oxygens (including phenoxy) is 1. The van der Waals surface area contributed by atoms with E-state index in [1.54, 1.807) is 17.0 Å². The van der Waals surface area contributed by atoms with E-state index in [4.69, 9.17) is 17.0 Å². The molecule has 1 N–H and O–H groups in total. The second-order valence-corrected chi connectivity index (χ2v) is 4.62. The molecule has 20 heavy (non-hydrogen) atoms. The Hall–Kier alpha value is -2.15. The van der Waals surface area contributed by atoms with Crippen LogP contribution in [-0.4, -0.2) is 46.7 Å². The average Bonchev–Trinajstić information content (AvgIpc) is 2.79. The second kappa shape index (κ2) is 6.33. The molecule has 0 aromatic heterocycles. The normalized spacial score (nSPS) is 14.3. The summed E-state index contributed by atoms with van der Waals surface area (Å²) in [6, 6.07) is 8.86. The fourth-order valence-electron chi connectivity index (χ4n) is 1.77. The van der Waals surface area contributed by atoms with Crippen molar-refractivity contribution in [3.63, 3.8) is 0 Å². The van der Waals surface area contributed by atoms with E-state index in [1.807, 2.05) is 18.2 Å². The minimum Gasteiger partial charge on any atom is -0.444 e. The summed E-state index contributed by atoms with van der Waals surface area (Å²) in [4.78, 5) is 26.0. The highest BCUT2D eigenvalue weighted by Crippen LogP contribution is 2.12. The number of thiocarbonyl (C=S) groups is 1. The van der Waals surface area contributed by atoms with Gasteiger partial charge in [0.15, 0.2) is 11.8 Å². The number of benzene rings is 1. The molecule has 0 radical (unpaired) electrons. The molecule has 1 heterocycles. The van der Waals surface area contributed by atoms with Crippen LogP contribution >= 0.6 is 12.2 Å². The number of nitrogens with one attached hydrogen (secondary N) is 1. The Kier molecular flexibility index (Phi) is 4.52. The van der Waals surface area contributed by atoms with Crippen LogP contribution in [0.5, 0.6) is 0 Å². The Bertz CT molecular complexity index is 521. The third-order valence-corrected chi connectivity index (χ3v) is 3.27. The number of rotatable bonds is 3. The van der Waals surface area contributed by atoms with Crippen molar-refractivity contribution in [2.75, 3.05) is 25.1 Å². The van der Waals surface area contributed by atoms with Crippen LogP contribution < -0.4 is 5.32 Å². The topological polar surface area (TPSA) is 61.9 Å². The molecule has 0 aliphatic carbocycles. The highest BCUT2D eigenvalue weighted by Gasteiger charge is 2.30. The summed E-state index contributed by atoms with van der Waals surface area (Å²) in [6.07, 6.45) is 0. The predicted molar refractivity (Wildman–Crippen MR) is 78.1 cm³/mol. The number of hydrogen-bond donors (Lipinski definition) is 1. The summed E-state index contributed by atoms with van der Waals surface area (Å²) in [7, 11) is 0. The van der Waals surface area contributed by atoms with Crippen LogP contribution in [0.4, 0.5) is 10.5 Å². The molecule has 0 spiro atoms. The zero-order chi connectivity index (χ0) is 14.5. The monoisotopic (exact) mass is 293 g/mol. The van der Waals surface area contributed by atoms with Crippen molar-refractivity contribution in [1.82, 2.24) is 9.80 Å². The van der Waals surface area contributed by atoms with E-state index in [-0.39, 0.29) is 18.7 Å². The first-order valence-corrected chi connectivity index (χ1v) is 6.54. The van der Waals surface area contributed by atoms with Crippen molar-refractivity contribution >= 4 is 35.0 Å². The molecule has 0 atom stereocenters. The largest absolute Gasteiger partial charge is 0.444 e. The Morgan fingerprint density at radius 1 is 1.30 bits per heavy atom. The van der Waals surface area contributed by atoms with Crippen molar-refractivity contribution in [3.8, 4) is 0 Å². The Morgan fingerprint density at radius 3 is 2.65 bits per heavy atom. The molecule has 2 amide bonds. The molecule has 1 aromatic carbocycles. The number of para-hydroxylation sites is 1. The fraction of sp³-hybridized carbons (Fsp3) is 0.308. The van der Waals surface area contributed by atoms with E-state index >= 15 is 0 Å². The number of anilines is 1. The van der Waals surface area contributed by atoms with E-state index in [2.05, 4.69) is 5.32 Å². The molecule has 1 saturated heterocycles. The van der Waals surface area contributed by atoms with Gasteiger partial charge < -0.3 is 15.0 Å². The van der Waals surface area contributed by atoms with Gasteiger partial charge >= 0.3 is 12.0 Å². The molecule has 1 aliphatic rings. The highest BCUT2D eigenvalue weighted by atomic mass is 32.1. The molecule has 1 aromatic rings. The molecule has 0 unspecified atom stereocenters. The quantitative estimate of drug-likeness (QED) is 0.678. The van der Waals surface area contributed by atoms with Crippen molar-refractivity contribution in [1.29, 1.82) is 0 Å². The number of carbonyl (C=O) groups is 2.